The molecule has 0 amide bonds. The summed E-state index contributed by atoms with van der Waals surface area (Å²) in [5.41, 5.74) is 0.957. The molecule has 5 nitrogen and oxygen atoms in total. The minimum Gasteiger partial charge on any atom is -0.496 e. The van der Waals surface area contributed by atoms with Crippen molar-refractivity contribution in [2.45, 2.75) is 33.0 Å². The van der Waals surface area contributed by atoms with E-state index in [4.69, 9.17) is 22.1 Å². The van der Waals surface area contributed by atoms with Crippen LogP contribution in [0.15, 0.2) is 36.9 Å². The van der Waals surface area contributed by atoms with Gasteiger partial charge in [0.2, 0.25) is 4.77 Å². The van der Waals surface area contributed by atoms with Crippen molar-refractivity contribution in [3.05, 3.63) is 41.7 Å². The second-order valence-electron chi connectivity index (χ2n) is 6.80. The molecule has 1 saturated heterocycles. The monoisotopic (exact) mass is 359 g/mol. The summed E-state index contributed by atoms with van der Waals surface area (Å²) >= 11 is 5.71. The highest BCUT2D eigenvalue weighted by Crippen LogP contribution is 2.28. The number of likely N-dealkylation sites (tertiary alicyclic amines) is 1. The maximum atomic E-state index is 5.71. The summed E-state index contributed by atoms with van der Waals surface area (Å²) in [6.45, 7) is 10.0. The number of quaternary nitrogens is 1. The van der Waals surface area contributed by atoms with E-state index in [1.807, 2.05) is 39.6 Å². The van der Waals surface area contributed by atoms with Crippen LogP contribution in [0.3, 0.4) is 0 Å². The normalized spacial score (nSPS) is 20.4. The zero-order valence-electron chi connectivity index (χ0n) is 15.1. The molecule has 1 aliphatic heterocycles. The number of nitrogens with zero attached hydrogens (tertiary/aromatic N) is 3. The summed E-state index contributed by atoms with van der Waals surface area (Å²) in [4.78, 5) is 1.55. The van der Waals surface area contributed by atoms with E-state index < -0.39 is 0 Å². The van der Waals surface area contributed by atoms with E-state index in [2.05, 4.69) is 13.5 Å². The van der Waals surface area contributed by atoms with Crippen molar-refractivity contribution in [2.75, 3.05) is 20.2 Å². The number of hydrogen-bond donors (Lipinski definition) is 1. The smallest absolute Gasteiger partial charge is 0.203 e. The van der Waals surface area contributed by atoms with Gasteiger partial charge in [0.15, 0.2) is 12.5 Å². The Balaban J connectivity index is 1.96. The molecule has 134 valence electrons. The molecule has 0 unspecified atom stereocenters. The summed E-state index contributed by atoms with van der Waals surface area (Å²) in [6, 6.07) is 7.93. The Bertz CT molecular complexity index is 787. The topological polar surface area (TPSA) is 36.4 Å². The van der Waals surface area contributed by atoms with Gasteiger partial charge in [-0.15, -0.1) is 11.7 Å². The van der Waals surface area contributed by atoms with E-state index in [9.17, 15) is 0 Å². The fraction of sp³-hybridized carbons (Fsp3) is 0.474. The number of methoxy groups -OCH3 is 1. The van der Waals surface area contributed by atoms with Gasteiger partial charge in [0, 0.05) is 6.54 Å². The average molecular weight is 360 g/mol. The summed E-state index contributed by atoms with van der Waals surface area (Å²) in [5.74, 6) is 2.48. The zero-order chi connectivity index (χ0) is 17.8. The minimum absolute atomic E-state index is 0.637. The lowest BCUT2D eigenvalue weighted by molar-refractivity contribution is -0.929. The fourth-order valence-corrected chi connectivity index (χ4v) is 3.67. The molecule has 3 rings (SSSR count). The van der Waals surface area contributed by atoms with E-state index in [0.717, 1.165) is 34.5 Å². The van der Waals surface area contributed by atoms with Gasteiger partial charge in [-0.3, -0.25) is 4.57 Å². The largest absolute Gasteiger partial charge is 0.496 e. The number of aromatic nitrogens is 3. The first-order valence-corrected chi connectivity index (χ1v) is 9.30. The molecular formula is C19H27N4OS+. The van der Waals surface area contributed by atoms with Crippen molar-refractivity contribution < 1.29 is 9.64 Å². The third kappa shape index (κ3) is 3.85. The lowest BCUT2D eigenvalue weighted by Gasteiger charge is -2.26. The Morgan fingerprint density at radius 2 is 2.08 bits per heavy atom. The lowest BCUT2D eigenvalue weighted by atomic mass is 10.00. The van der Waals surface area contributed by atoms with E-state index in [1.54, 1.807) is 12.0 Å². The molecule has 2 heterocycles. The average Bonchev–Trinajstić information content (AvgIpc) is 2.93. The van der Waals surface area contributed by atoms with Gasteiger partial charge in [-0.05, 0) is 43.1 Å². The van der Waals surface area contributed by atoms with Crippen LogP contribution in [-0.2, 0) is 13.2 Å². The van der Waals surface area contributed by atoms with E-state index in [-0.39, 0.29) is 0 Å². The third-order valence-electron chi connectivity index (χ3n) is 4.94. The number of para-hydroxylation sites is 1. The Morgan fingerprint density at radius 3 is 2.76 bits per heavy atom. The van der Waals surface area contributed by atoms with Crippen molar-refractivity contribution in [1.82, 2.24) is 14.3 Å². The first kappa shape index (κ1) is 17.9. The Kier molecular flexibility index (Phi) is 5.71. The quantitative estimate of drug-likeness (QED) is 0.636. The molecule has 1 N–H and O–H groups in total. The third-order valence-corrected chi connectivity index (χ3v) is 5.37. The maximum Gasteiger partial charge on any atom is 0.203 e. The standard InChI is InChI=1S/C19H26N4OS/c1-4-11-22-18(16-7-5-6-8-17(16)24-3)20-23(19(22)25)14-21-12-9-15(2)10-13-21/h4-8,15H,1,9-14H2,2-3H3/p+1. The predicted molar refractivity (Wildman–Crippen MR) is 102 cm³/mol. The highest BCUT2D eigenvalue weighted by atomic mass is 32.1. The Morgan fingerprint density at radius 1 is 1.36 bits per heavy atom. The Labute approximate surface area is 154 Å². The summed E-state index contributed by atoms with van der Waals surface area (Å²) in [5, 5.41) is 4.85. The van der Waals surface area contributed by atoms with Crippen LogP contribution in [0.2, 0.25) is 0 Å². The molecule has 0 spiro atoms. The number of hydrogen-bond acceptors (Lipinski definition) is 3. The van der Waals surface area contributed by atoms with Crippen molar-refractivity contribution in [3.63, 3.8) is 0 Å². The number of rotatable bonds is 6. The van der Waals surface area contributed by atoms with Gasteiger partial charge in [0.1, 0.15) is 5.75 Å². The van der Waals surface area contributed by atoms with Gasteiger partial charge in [-0.2, -0.15) is 4.68 Å². The molecule has 0 aliphatic carbocycles. The second kappa shape index (κ2) is 7.97. The number of ether oxygens (including phenoxy) is 1. The number of nitrogens with one attached hydrogen (secondary N) is 1. The first-order chi connectivity index (χ1) is 12.1. The van der Waals surface area contributed by atoms with Crippen LogP contribution in [0.25, 0.3) is 11.4 Å². The van der Waals surface area contributed by atoms with Crippen molar-refractivity contribution in [1.29, 1.82) is 0 Å². The van der Waals surface area contributed by atoms with Gasteiger partial charge < -0.3 is 9.64 Å². The minimum atomic E-state index is 0.637. The van der Waals surface area contributed by atoms with Gasteiger partial charge in [0.25, 0.3) is 0 Å². The molecule has 0 bridgehead atoms. The van der Waals surface area contributed by atoms with Crippen molar-refractivity contribution in [3.8, 4) is 17.1 Å². The molecule has 2 aromatic rings. The molecule has 1 aromatic carbocycles. The summed E-state index contributed by atoms with van der Waals surface area (Å²) in [7, 11) is 1.68. The number of allylic oxidation sites excluding steroid dienone is 1. The zero-order valence-corrected chi connectivity index (χ0v) is 15.9. The van der Waals surface area contributed by atoms with Gasteiger partial charge in [-0.25, -0.2) is 0 Å². The van der Waals surface area contributed by atoms with Gasteiger partial charge in [0.05, 0.1) is 25.8 Å². The number of piperidine rings is 1. The SMILES string of the molecule is C=CCn1c(-c2ccccc2OC)nn(C[NH+]2CCC(C)CC2)c1=S. The second-order valence-corrected chi connectivity index (χ2v) is 7.16. The molecule has 6 heteroatoms. The van der Waals surface area contributed by atoms with Crippen LogP contribution in [0.4, 0.5) is 0 Å². The van der Waals surface area contributed by atoms with Crippen LogP contribution >= 0.6 is 12.2 Å². The van der Waals surface area contributed by atoms with Gasteiger partial charge in [-0.1, -0.05) is 25.1 Å². The maximum absolute atomic E-state index is 5.71. The molecule has 0 radical (unpaired) electrons. The van der Waals surface area contributed by atoms with Crippen LogP contribution < -0.4 is 9.64 Å². The van der Waals surface area contributed by atoms with Crippen LogP contribution in [0, 0.1) is 10.7 Å². The molecule has 1 fully saturated rings. The highest BCUT2D eigenvalue weighted by Gasteiger charge is 2.22. The molecule has 0 atom stereocenters. The van der Waals surface area contributed by atoms with E-state index >= 15 is 0 Å². The van der Waals surface area contributed by atoms with Crippen molar-refractivity contribution >= 4 is 12.2 Å². The Hall–Kier alpha value is -1.92. The molecular weight excluding hydrogens is 332 g/mol. The van der Waals surface area contributed by atoms with Crippen LogP contribution in [0.1, 0.15) is 19.8 Å². The lowest BCUT2D eigenvalue weighted by Crippen LogP contribution is -3.12. The fourth-order valence-electron chi connectivity index (χ4n) is 3.41. The molecule has 0 saturated carbocycles. The van der Waals surface area contributed by atoms with E-state index in [1.165, 1.54) is 25.9 Å². The van der Waals surface area contributed by atoms with Gasteiger partial charge >= 0.3 is 0 Å². The molecule has 1 aliphatic rings. The van der Waals surface area contributed by atoms with Crippen LogP contribution in [0.5, 0.6) is 5.75 Å². The molecule has 25 heavy (non-hydrogen) atoms. The van der Waals surface area contributed by atoms with Crippen molar-refractivity contribution in [2.24, 2.45) is 5.92 Å². The first-order valence-electron chi connectivity index (χ1n) is 8.89. The highest BCUT2D eigenvalue weighted by molar-refractivity contribution is 7.71. The predicted octanol–water partition coefficient (Wildman–Crippen LogP) is 2.55. The summed E-state index contributed by atoms with van der Waals surface area (Å²) in [6.07, 6.45) is 4.40. The molecule has 1 aromatic heterocycles. The number of benzene rings is 1. The summed E-state index contributed by atoms with van der Waals surface area (Å²) < 4.78 is 10.3. The van der Waals surface area contributed by atoms with E-state index in [0.29, 0.717) is 6.54 Å². The van der Waals surface area contributed by atoms with Crippen LogP contribution in [-0.4, -0.2) is 34.5 Å².